The number of rotatable bonds is 13. The Labute approximate surface area is 287 Å². The van der Waals surface area contributed by atoms with Crippen LogP contribution in [0.1, 0.15) is 16.7 Å². The Balaban J connectivity index is 1.35. The molecule has 0 aliphatic carbocycles. The van der Waals surface area contributed by atoms with Crippen molar-refractivity contribution in [1.82, 2.24) is 14.4 Å². The smallest absolute Gasteiger partial charge is 0.345 e. The number of aliphatic carboxylic acids is 1. The monoisotopic (exact) mass is 667 g/mol. The first-order valence-corrected chi connectivity index (χ1v) is 16.7. The fourth-order valence-electron chi connectivity index (χ4n) is 6.38. The number of aromatic nitrogens is 1. The van der Waals surface area contributed by atoms with Crippen LogP contribution in [0.25, 0.3) is 22.0 Å². The lowest BCUT2D eigenvalue weighted by molar-refractivity contribution is -0.145. The van der Waals surface area contributed by atoms with E-state index in [0.717, 1.165) is 71.4 Å². The average molecular weight is 668 g/mol. The van der Waals surface area contributed by atoms with Crippen molar-refractivity contribution in [3.05, 3.63) is 113 Å². The second-order valence-corrected chi connectivity index (χ2v) is 12.7. The average Bonchev–Trinajstić information content (AvgIpc) is 3.46. The highest BCUT2D eigenvalue weighted by Gasteiger charge is 2.25. The second-order valence-electron chi connectivity index (χ2n) is 12.3. The molecule has 250 valence electrons. The Morgan fingerprint density at radius 1 is 0.875 bits per heavy atom. The summed E-state index contributed by atoms with van der Waals surface area (Å²) in [5.74, 6) is 0.469. The van der Waals surface area contributed by atoms with E-state index in [1.54, 1.807) is 18.2 Å². The molecule has 1 N–H and O–H groups in total. The Hall–Kier alpha value is -4.50. The van der Waals surface area contributed by atoms with Crippen LogP contribution in [0.5, 0.6) is 17.2 Å². The number of ether oxygens (including phenoxy) is 3. The van der Waals surface area contributed by atoms with Crippen molar-refractivity contribution in [2.75, 3.05) is 53.5 Å². The summed E-state index contributed by atoms with van der Waals surface area (Å²) >= 11 is 7.00. The number of carboxylic acid groups (broad SMARTS) is 1. The van der Waals surface area contributed by atoms with Crippen LogP contribution < -0.4 is 14.2 Å². The maximum Gasteiger partial charge on any atom is 0.345 e. The quantitative estimate of drug-likeness (QED) is 0.145. The minimum atomic E-state index is -1.14. The van der Waals surface area contributed by atoms with Gasteiger partial charge in [0.2, 0.25) is 0 Å². The molecule has 0 spiro atoms. The first-order valence-electron chi connectivity index (χ1n) is 16.3. The van der Waals surface area contributed by atoms with Crippen molar-refractivity contribution in [1.29, 1.82) is 0 Å². The van der Waals surface area contributed by atoms with E-state index in [0.29, 0.717) is 35.4 Å². The van der Waals surface area contributed by atoms with Gasteiger partial charge in [0, 0.05) is 68.4 Å². The molecule has 8 nitrogen and oxygen atoms in total. The fraction of sp³-hybridized carbons (Fsp3) is 0.308. The zero-order chi connectivity index (χ0) is 33.6. The van der Waals surface area contributed by atoms with Crippen LogP contribution >= 0.6 is 11.6 Å². The van der Waals surface area contributed by atoms with Gasteiger partial charge < -0.3 is 28.8 Å². The van der Waals surface area contributed by atoms with Crippen LogP contribution in [-0.2, 0) is 17.8 Å². The number of hydrogen-bond donors (Lipinski definition) is 1. The molecule has 1 aliphatic rings. The summed E-state index contributed by atoms with van der Waals surface area (Å²) < 4.78 is 19.9. The van der Waals surface area contributed by atoms with Gasteiger partial charge in [-0.3, -0.25) is 4.90 Å². The van der Waals surface area contributed by atoms with Crippen LogP contribution in [0.4, 0.5) is 0 Å². The number of likely N-dealkylation sites (N-methyl/N-ethyl adjacent to an activating group) is 1. The van der Waals surface area contributed by atoms with E-state index in [2.05, 4.69) is 51.9 Å². The zero-order valence-electron chi connectivity index (χ0n) is 27.7. The summed E-state index contributed by atoms with van der Waals surface area (Å²) in [6, 6.07) is 27.4. The number of halogens is 1. The van der Waals surface area contributed by atoms with Crippen LogP contribution in [0.2, 0.25) is 5.02 Å². The van der Waals surface area contributed by atoms with Crippen LogP contribution in [0, 0.1) is 6.92 Å². The number of piperazine rings is 1. The molecule has 48 heavy (non-hydrogen) atoms. The molecule has 5 aromatic rings. The van der Waals surface area contributed by atoms with Crippen molar-refractivity contribution < 1.29 is 24.1 Å². The fourth-order valence-corrected chi connectivity index (χ4v) is 6.60. The highest BCUT2D eigenvalue weighted by atomic mass is 35.5. The number of hydrogen-bond acceptors (Lipinski definition) is 6. The lowest BCUT2D eigenvalue weighted by Crippen LogP contribution is -2.45. The van der Waals surface area contributed by atoms with Gasteiger partial charge in [0.25, 0.3) is 0 Å². The largest absolute Gasteiger partial charge is 0.493 e. The van der Waals surface area contributed by atoms with Gasteiger partial charge in [0.05, 0.1) is 12.1 Å². The summed E-state index contributed by atoms with van der Waals surface area (Å²) in [5.41, 5.74) is 5.86. The third kappa shape index (κ3) is 7.46. The van der Waals surface area contributed by atoms with Crippen molar-refractivity contribution >= 4 is 28.5 Å². The molecular formula is C39H42ClN3O5. The maximum absolute atomic E-state index is 12.6. The Kier molecular flexibility index (Phi) is 10.5. The first-order chi connectivity index (χ1) is 23.3. The van der Waals surface area contributed by atoms with Gasteiger partial charge in [-0.15, -0.1) is 0 Å². The second kappa shape index (κ2) is 15.2. The number of fused-ring (bicyclic) bond motifs is 1. The summed E-state index contributed by atoms with van der Waals surface area (Å²) in [5, 5.41) is 11.8. The predicted octanol–water partition coefficient (Wildman–Crippen LogP) is 7.03. The van der Waals surface area contributed by atoms with Gasteiger partial charge in [-0.05, 0) is 60.5 Å². The standard InChI is InChI=1S/C39H42ClN3O5/c1-27-30(16-17-35(38(27)40)47-23-22-42-20-18-41(2)19-21-42)31-26-43(25-28-10-5-4-6-11-28)32-13-9-12-29(37(31)32)24-36(39(44)45)48-34-15-8-7-14-33(34)46-3/h4-17,26,36H,18-25H2,1-3H3,(H,44,45). The van der Waals surface area contributed by atoms with E-state index in [9.17, 15) is 9.90 Å². The van der Waals surface area contributed by atoms with Gasteiger partial charge >= 0.3 is 5.97 Å². The molecule has 0 saturated carbocycles. The number of para-hydroxylation sites is 2. The van der Waals surface area contributed by atoms with E-state index in [-0.39, 0.29) is 6.42 Å². The van der Waals surface area contributed by atoms with Gasteiger partial charge in [0.1, 0.15) is 12.4 Å². The SMILES string of the molecule is COc1ccccc1OC(Cc1cccc2c1c(-c1ccc(OCCN3CCN(C)CC3)c(Cl)c1C)cn2Cc1ccccc1)C(=O)O. The van der Waals surface area contributed by atoms with Gasteiger partial charge in [-0.1, -0.05) is 72.3 Å². The number of methoxy groups -OCH3 is 1. The van der Waals surface area contributed by atoms with E-state index in [4.69, 9.17) is 25.8 Å². The van der Waals surface area contributed by atoms with Crippen molar-refractivity contribution in [3.8, 4) is 28.4 Å². The maximum atomic E-state index is 12.6. The number of carbonyl (C=O) groups is 1. The Morgan fingerprint density at radius 2 is 1.60 bits per heavy atom. The van der Waals surface area contributed by atoms with Crippen molar-refractivity contribution in [2.24, 2.45) is 0 Å². The normalized spacial score (nSPS) is 14.6. The minimum Gasteiger partial charge on any atom is -0.493 e. The molecule has 1 aliphatic heterocycles. The Morgan fingerprint density at radius 3 is 2.33 bits per heavy atom. The lowest BCUT2D eigenvalue weighted by Gasteiger charge is -2.32. The van der Waals surface area contributed by atoms with Gasteiger partial charge in [0.15, 0.2) is 17.6 Å². The van der Waals surface area contributed by atoms with Crippen molar-refractivity contribution in [3.63, 3.8) is 0 Å². The molecule has 6 rings (SSSR count). The van der Waals surface area contributed by atoms with Crippen LogP contribution in [0.3, 0.4) is 0 Å². The molecule has 1 fully saturated rings. The van der Waals surface area contributed by atoms with Gasteiger partial charge in [-0.2, -0.15) is 0 Å². The lowest BCUT2D eigenvalue weighted by atomic mass is 9.95. The van der Waals surface area contributed by atoms with Crippen LogP contribution in [0.15, 0.2) is 91.1 Å². The van der Waals surface area contributed by atoms with Crippen LogP contribution in [-0.4, -0.2) is 85.0 Å². The molecule has 2 heterocycles. The van der Waals surface area contributed by atoms with E-state index < -0.39 is 12.1 Å². The third-order valence-corrected chi connectivity index (χ3v) is 9.58. The molecule has 1 saturated heterocycles. The molecule has 1 unspecified atom stereocenters. The van der Waals surface area contributed by atoms with E-state index >= 15 is 0 Å². The molecule has 9 heteroatoms. The van der Waals surface area contributed by atoms with Crippen molar-refractivity contribution in [2.45, 2.75) is 26.0 Å². The number of carboxylic acids is 1. The molecule has 1 atom stereocenters. The molecule has 1 aromatic heterocycles. The van der Waals surface area contributed by atoms with E-state index in [1.165, 1.54) is 7.11 Å². The number of nitrogens with zero attached hydrogens (tertiary/aromatic N) is 3. The highest BCUT2D eigenvalue weighted by molar-refractivity contribution is 6.33. The zero-order valence-corrected chi connectivity index (χ0v) is 28.5. The Bertz CT molecular complexity index is 1870. The molecule has 0 bridgehead atoms. The molecule has 4 aromatic carbocycles. The third-order valence-electron chi connectivity index (χ3n) is 9.11. The number of benzene rings is 4. The highest BCUT2D eigenvalue weighted by Crippen LogP contribution is 2.41. The van der Waals surface area contributed by atoms with Gasteiger partial charge in [-0.25, -0.2) is 4.79 Å². The topological polar surface area (TPSA) is 76.4 Å². The molecule has 0 amide bonds. The van der Waals surface area contributed by atoms with E-state index in [1.807, 2.05) is 49.4 Å². The summed E-state index contributed by atoms with van der Waals surface area (Å²) in [4.78, 5) is 17.3. The molecule has 0 radical (unpaired) electrons. The molecular weight excluding hydrogens is 626 g/mol. The predicted molar refractivity (Wildman–Crippen MR) is 191 cm³/mol. The summed E-state index contributed by atoms with van der Waals surface area (Å²) in [7, 11) is 3.69. The summed E-state index contributed by atoms with van der Waals surface area (Å²) in [6.07, 6.45) is 1.15. The minimum absolute atomic E-state index is 0.146. The first kappa shape index (κ1) is 33.4. The summed E-state index contributed by atoms with van der Waals surface area (Å²) in [6.45, 7) is 8.28.